The topological polar surface area (TPSA) is 67.1 Å². The van der Waals surface area contributed by atoms with Crippen LogP contribution in [0.15, 0.2) is 0 Å². The normalized spacial score (nSPS) is 21.5. The summed E-state index contributed by atoms with van der Waals surface area (Å²) >= 11 is 1.32. The Labute approximate surface area is 100 Å². The second-order valence-electron chi connectivity index (χ2n) is 4.37. The van der Waals surface area contributed by atoms with Gasteiger partial charge in [-0.2, -0.15) is 0 Å². The second-order valence-corrected chi connectivity index (χ2v) is 5.13. The monoisotopic (exact) mass is 241 g/mol. The largest absolute Gasteiger partial charge is 0.313 e. The van der Waals surface area contributed by atoms with E-state index in [1.54, 1.807) is 0 Å². The average Bonchev–Trinajstić information content (AvgIpc) is 2.89. The van der Waals surface area contributed by atoms with Crippen molar-refractivity contribution in [2.45, 2.75) is 32.7 Å². The van der Waals surface area contributed by atoms with E-state index in [9.17, 15) is 0 Å². The van der Waals surface area contributed by atoms with E-state index in [0.29, 0.717) is 0 Å². The van der Waals surface area contributed by atoms with Crippen molar-refractivity contribution in [1.29, 1.82) is 0 Å². The van der Waals surface area contributed by atoms with Gasteiger partial charge in [-0.05, 0) is 25.3 Å². The first-order chi connectivity index (χ1) is 7.83. The highest BCUT2D eigenvalue weighted by Crippen LogP contribution is 2.24. The number of nitrogens with one attached hydrogen (secondary N) is 1. The molecular weight excluding hydrogens is 222 g/mol. The number of rotatable bonds is 5. The Morgan fingerprint density at radius 2 is 2.50 bits per heavy atom. The summed E-state index contributed by atoms with van der Waals surface area (Å²) in [6.07, 6.45) is 3.94. The first kappa shape index (κ1) is 11.8. The lowest BCUT2D eigenvalue weighted by atomic mass is 10.0. The zero-order valence-corrected chi connectivity index (χ0v) is 10.5. The Balaban J connectivity index is 1.87. The van der Waals surface area contributed by atoms with Crippen LogP contribution in [0.4, 0.5) is 5.00 Å². The molecule has 6 heteroatoms. The van der Waals surface area contributed by atoms with Gasteiger partial charge in [-0.3, -0.25) is 4.90 Å². The number of nitrogens with zero attached hydrogens (tertiary/aromatic N) is 3. The standard InChI is InChI=1S/C10H19N5S/c1-2-3-8-4-5-15(6-8)7-9-10(12-11)16-14-13-9/h8,12H,2-7,11H2,1H3. The van der Waals surface area contributed by atoms with Gasteiger partial charge in [-0.15, -0.1) is 5.10 Å². The van der Waals surface area contributed by atoms with Crippen molar-refractivity contribution in [3.8, 4) is 0 Å². The smallest absolute Gasteiger partial charge is 0.148 e. The molecule has 3 N–H and O–H groups in total. The van der Waals surface area contributed by atoms with Crippen molar-refractivity contribution < 1.29 is 0 Å². The van der Waals surface area contributed by atoms with E-state index in [0.717, 1.165) is 23.2 Å². The van der Waals surface area contributed by atoms with E-state index in [4.69, 9.17) is 5.84 Å². The van der Waals surface area contributed by atoms with Crippen molar-refractivity contribution in [2.75, 3.05) is 18.5 Å². The van der Waals surface area contributed by atoms with Crippen LogP contribution >= 0.6 is 11.5 Å². The maximum atomic E-state index is 5.41. The lowest BCUT2D eigenvalue weighted by Crippen LogP contribution is -2.21. The van der Waals surface area contributed by atoms with E-state index in [2.05, 4.69) is 26.8 Å². The second kappa shape index (κ2) is 5.56. The molecule has 1 aromatic rings. The molecule has 0 radical (unpaired) electrons. The number of nitrogen functional groups attached to an aromatic ring is 1. The predicted octanol–water partition coefficient (Wildman–Crippen LogP) is 1.45. The molecule has 5 nitrogen and oxygen atoms in total. The summed E-state index contributed by atoms with van der Waals surface area (Å²) in [5.41, 5.74) is 3.63. The van der Waals surface area contributed by atoms with E-state index in [1.165, 1.54) is 43.9 Å². The van der Waals surface area contributed by atoms with Crippen LogP contribution in [0.2, 0.25) is 0 Å². The van der Waals surface area contributed by atoms with Gasteiger partial charge in [-0.1, -0.05) is 17.8 Å². The molecule has 0 aliphatic carbocycles. The SMILES string of the molecule is CCCC1CCN(Cc2nnsc2NN)C1. The van der Waals surface area contributed by atoms with Gasteiger partial charge in [0.05, 0.1) is 0 Å². The molecule has 2 heterocycles. The highest BCUT2D eigenvalue weighted by atomic mass is 32.1. The molecule has 0 saturated carbocycles. The minimum absolute atomic E-state index is 0.867. The van der Waals surface area contributed by atoms with Crippen LogP contribution < -0.4 is 11.3 Å². The molecule has 0 aromatic carbocycles. The molecule has 0 amide bonds. The molecule has 1 saturated heterocycles. The number of anilines is 1. The maximum absolute atomic E-state index is 5.41. The summed E-state index contributed by atoms with van der Waals surface area (Å²) in [7, 11) is 0. The number of hydrazine groups is 1. The molecule has 1 atom stereocenters. The minimum Gasteiger partial charge on any atom is -0.313 e. The van der Waals surface area contributed by atoms with Crippen molar-refractivity contribution in [3.63, 3.8) is 0 Å². The first-order valence-corrected chi connectivity index (χ1v) is 6.61. The van der Waals surface area contributed by atoms with Gasteiger partial charge in [0, 0.05) is 24.6 Å². The molecule has 1 aromatic heterocycles. The molecular formula is C10H19N5S. The Morgan fingerprint density at radius 3 is 3.25 bits per heavy atom. The summed E-state index contributed by atoms with van der Waals surface area (Å²) in [5, 5.41) is 4.99. The molecule has 16 heavy (non-hydrogen) atoms. The van der Waals surface area contributed by atoms with Crippen LogP contribution in [0.1, 0.15) is 31.9 Å². The fraction of sp³-hybridized carbons (Fsp3) is 0.800. The fourth-order valence-corrected chi connectivity index (χ4v) is 2.82. The number of nitrogens with two attached hydrogens (primary N) is 1. The number of aromatic nitrogens is 2. The molecule has 0 spiro atoms. The van der Waals surface area contributed by atoms with Crippen LogP contribution in [-0.4, -0.2) is 27.6 Å². The lowest BCUT2D eigenvalue weighted by Gasteiger charge is -2.14. The van der Waals surface area contributed by atoms with Crippen LogP contribution in [-0.2, 0) is 6.54 Å². The summed E-state index contributed by atoms with van der Waals surface area (Å²) in [4.78, 5) is 2.44. The van der Waals surface area contributed by atoms with Crippen LogP contribution in [0.5, 0.6) is 0 Å². The lowest BCUT2D eigenvalue weighted by molar-refractivity contribution is 0.309. The number of hydrogen-bond acceptors (Lipinski definition) is 6. The zero-order chi connectivity index (χ0) is 11.4. The van der Waals surface area contributed by atoms with Gasteiger partial charge in [0.15, 0.2) is 0 Å². The minimum atomic E-state index is 0.867. The van der Waals surface area contributed by atoms with Crippen LogP contribution in [0.25, 0.3) is 0 Å². The van der Waals surface area contributed by atoms with Crippen LogP contribution in [0.3, 0.4) is 0 Å². The number of likely N-dealkylation sites (tertiary alicyclic amines) is 1. The van der Waals surface area contributed by atoms with E-state index in [1.807, 2.05) is 0 Å². The van der Waals surface area contributed by atoms with Gasteiger partial charge >= 0.3 is 0 Å². The van der Waals surface area contributed by atoms with Crippen molar-refractivity contribution in [3.05, 3.63) is 5.69 Å². The Kier molecular flexibility index (Phi) is 4.09. The quantitative estimate of drug-likeness (QED) is 0.603. The molecule has 0 bridgehead atoms. The van der Waals surface area contributed by atoms with Gasteiger partial charge in [0.1, 0.15) is 10.7 Å². The molecule has 1 fully saturated rings. The average molecular weight is 241 g/mol. The van der Waals surface area contributed by atoms with E-state index >= 15 is 0 Å². The highest BCUT2D eigenvalue weighted by Gasteiger charge is 2.23. The van der Waals surface area contributed by atoms with Gasteiger partial charge in [0.2, 0.25) is 0 Å². The summed E-state index contributed by atoms with van der Waals surface area (Å²) in [6, 6.07) is 0. The Bertz CT molecular complexity index is 327. The van der Waals surface area contributed by atoms with E-state index < -0.39 is 0 Å². The van der Waals surface area contributed by atoms with Crippen molar-refractivity contribution >= 4 is 16.5 Å². The van der Waals surface area contributed by atoms with Crippen molar-refractivity contribution in [2.24, 2.45) is 11.8 Å². The first-order valence-electron chi connectivity index (χ1n) is 5.83. The Morgan fingerprint density at radius 1 is 1.62 bits per heavy atom. The number of hydrogen-bond donors (Lipinski definition) is 2. The van der Waals surface area contributed by atoms with Gasteiger partial charge in [0.25, 0.3) is 0 Å². The maximum Gasteiger partial charge on any atom is 0.148 e. The zero-order valence-electron chi connectivity index (χ0n) is 9.65. The van der Waals surface area contributed by atoms with Crippen LogP contribution in [0, 0.1) is 5.92 Å². The molecule has 90 valence electrons. The van der Waals surface area contributed by atoms with Crippen molar-refractivity contribution in [1.82, 2.24) is 14.5 Å². The molecule has 1 unspecified atom stereocenters. The summed E-state index contributed by atoms with van der Waals surface area (Å²) in [6.45, 7) is 5.49. The third-order valence-electron chi connectivity index (χ3n) is 3.13. The third-order valence-corrected chi connectivity index (χ3v) is 3.83. The van der Waals surface area contributed by atoms with E-state index in [-0.39, 0.29) is 0 Å². The fourth-order valence-electron chi connectivity index (χ4n) is 2.33. The third kappa shape index (κ3) is 2.69. The molecule has 2 rings (SSSR count). The van der Waals surface area contributed by atoms with Gasteiger partial charge < -0.3 is 5.43 Å². The predicted molar refractivity (Wildman–Crippen MR) is 66.0 cm³/mol. The molecule has 1 aliphatic rings. The summed E-state index contributed by atoms with van der Waals surface area (Å²) in [5.74, 6) is 6.27. The Hall–Kier alpha value is -0.720. The highest BCUT2D eigenvalue weighted by molar-refractivity contribution is 7.10. The molecule has 1 aliphatic heterocycles. The van der Waals surface area contributed by atoms with Gasteiger partial charge in [-0.25, -0.2) is 5.84 Å². The summed E-state index contributed by atoms with van der Waals surface area (Å²) < 4.78 is 3.91.